The number of methoxy groups -OCH3 is 1. The lowest BCUT2D eigenvalue weighted by Crippen LogP contribution is -2.34. The average Bonchev–Trinajstić information content (AvgIpc) is 3.70. The van der Waals surface area contributed by atoms with E-state index in [0.717, 1.165) is 12.8 Å². The van der Waals surface area contributed by atoms with Crippen molar-refractivity contribution >= 4 is 18.0 Å². The number of pyridine rings is 1. The van der Waals surface area contributed by atoms with Crippen molar-refractivity contribution < 1.29 is 46.5 Å². The zero-order chi connectivity index (χ0) is 32.9. The standard InChI is InChI=1S/C31H36F2N4O8/c1-16-20(28(39)41-6)11-12-34-24(16)26(38)35-14-21-25(17(2)36-30(40)45-31(3,4)5)44-27(37-21)19-9-10-22(43-29(32)33)23(13-19)42-15-18-7-8-18/h9-13,17-18,29H,7-8,14-15H2,1-6H3,(H,35,38)(H,36,40). The third kappa shape index (κ3) is 8.89. The van der Waals surface area contributed by atoms with Crippen LogP contribution in [0.4, 0.5) is 13.6 Å². The van der Waals surface area contributed by atoms with Crippen LogP contribution < -0.4 is 20.1 Å². The monoisotopic (exact) mass is 630 g/mol. The van der Waals surface area contributed by atoms with Crippen molar-refractivity contribution in [2.24, 2.45) is 5.92 Å². The van der Waals surface area contributed by atoms with Crippen LogP contribution in [0.5, 0.6) is 11.5 Å². The normalized spacial score (nSPS) is 13.6. The lowest BCUT2D eigenvalue weighted by molar-refractivity contribution is -0.0515. The van der Waals surface area contributed by atoms with Gasteiger partial charge >= 0.3 is 18.7 Å². The number of carbonyl (C=O) groups excluding carboxylic acids is 3. The van der Waals surface area contributed by atoms with Crippen LogP contribution in [-0.2, 0) is 16.0 Å². The predicted octanol–water partition coefficient (Wildman–Crippen LogP) is 5.74. The molecule has 2 N–H and O–H groups in total. The van der Waals surface area contributed by atoms with Crippen molar-refractivity contribution in [2.75, 3.05) is 13.7 Å². The van der Waals surface area contributed by atoms with E-state index in [1.165, 1.54) is 37.6 Å². The summed E-state index contributed by atoms with van der Waals surface area (Å²) in [7, 11) is 1.24. The molecule has 2 aromatic heterocycles. The van der Waals surface area contributed by atoms with E-state index in [9.17, 15) is 23.2 Å². The molecule has 1 atom stereocenters. The van der Waals surface area contributed by atoms with Gasteiger partial charge in [0, 0.05) is 11.8 Å². The second kappa shape index (κ2) is 13.9. The number of halogens is 2. The number of rotatable bonds is 12. The zero-order valence-electron chi connectivity index (χ0n) is 25.9. The van der Waals surface area contributed by atoms with Gasteiger partial charge in [0.25, 0.3) is 5.91 Å². The number of hydrogen-bond donors (Lipinski definition) is 2. The summed E-state index contributed by atoms with van der Waals surface area (Å²) in [5, 5.41) is 5.42. The highest BCUT2D eigenvalue weighted by atomic mass is 19.3. The number of nitrogens with one attached hydrogen (secondary N) is 2. The van der Waals surface area contributed by atoms with Crippen LogP contribution in [0.25, 0.3) is 11.5 Å². The number of oxazole rings is 1. The summed E-state index contributed by atoms with van der Waals surface area (Å²) < 4.78 is 52.7. The Labute approximate surface area is 258 Å². The molecule has 14 heteroatoms. The van der Waals surface area contributed by atoms with Gasteiger partial charge in [0.2, 0.25) is 5.89 Å². The Morgan fingerprint density at radius 1 is 1.13 bits per heavy atom. The van der Waals surface area contributed by atoms with Crippen molar-refractivity contribution in [3.05, 3.63) is 58.7 Å². The van der Waals surface area contributed by atoms with E-state index in [0.29, 0.717) is 23.7 Å². The summed E-state index contributed by atoms with van der Waals surface area (Å²) in [4.78, 5) is 46.4. The van der Waals surface area contributed by atoms with E-state index >= 15 is 0 Å². The topological polar surface area (TPSA) is 151 Å². The summed E-state index contributed by atoms with van der Waals surface area (Å²) in [6, 6.07) is 4.99. The lowest BCUT2D eigenvalue weighted by atomic mass is 10.1. The maximum Gasteiger partial charge on any atom is 0.408 e. The number of alkyl halides is 2. The summed E-state index contributed by atoms with van der Waals surface area (Å²) in [5.74, 6) is -0.605. The van der Waals surface area contributed by atoms with E-state index in [4.69, 9.17) is 18.6 Å². The minimum absolute atomic E-state index is 0.00942. The van der Waals surface area contributed by atoms with Gasteiger partial charge in [-0.2, -0.15) is 8.78 Å². The smallest absolute Gasteiger partial charge is 0.408 e. The van der Waals surface area contributed by atoms with E-state index < -0.39 is 36.2 Å². The van der Waals surface area contributed by atoms with E-state index in [2.05, 4.69) is 25.3 Å². The Morgan fingerprint density at radius 2 is 1.87 bits per heavy atom. The van der Waals surface area contributed by atoms with Gasteiger partial charge in [-0.3, -0.25) is 9.78 Å². The largest absolute Gasteiger partial charge is 0.489 e. The first-order chi connectivity index (χ1) is 21.3. The minimum atomic E-state index is -3.05. The molecule has 1 unspecified atom stereocenters. The van der Waals surface area contributed by atoms with Crippen molar-refractivity contribution in [3.8, 4) is 23.0 Å². The van der Waals surface area contributed by atoms with Crippen LogP contribution in [0.3, 0.4) is 0 Å². The highest BCUT2D eigenvalue weighted by Gasteiger charge is 2.27. The molecule has 12 nitrogen and oxygen atoms in total. The second-order valence-corrected chi connectivity index (χ2v) is 11.5. The van der Waals surface area contributed by atoms with Gasteiger partial charge in [-0.1, -0.05) is 0 Å². The van der Waals surface area contributed by atoms with Gasteiger partial charge in [0.1, 0.15) is 17.0 Å². The second-order valence-electron chi connectivity index (χ2n) is 11.5. The van der Waals surface area contributed by atoms with Crippen LogP contribution in [0.1, 0.15) is 84.4 Å². The Balaban J connectivity index is 1.64. The average molecular weight is 631 g/mol. The third-order valence-corrected chi connectivity index (χ3v) is 6.67. The molecule has 1 saturated carbocycles. The Bertz CT molecular complexity index is 1550. The number of esters is 1. The van der Waals surface area contributed by atoms with Crippen molar-refractivity contribution in [2.45, 2.75) is 72.3 Å². The Kier molecular flexibility index (Phi) is 10.2. The zero-order valence-corrected chi connectivity index (χ0v) is 25.9. The van der Waals surface area contributed by atoms with E-state index in [1.807, 2.05) is 0 Å². The molecule has 1 fully saturated rings. The first-order valence-electron chi connectivity index (χ1n) is 14.3. The lowest BCUT2D eigenvalue weighted by Gasteiger charge is -2.21. The van der Waals surface area contributed by atoms with E-state index in [1.54, 1.807) is 34.6 Å². The van der Waals surface area contributed by atoms with Gasteiger partial charge in [-0.25, -0.2) is 14.6 Å². The van der Waals surface area contributed by atoms with Crippen LogP contribution in [0.15, 0.2) is 34.9 Å². The fourth-order valence-corrected chi connectivity index (χ4v) is 4.28. The number of ether oxygens (including phenoxy) is 4. The quantitative estimate of drug-likeness (QED) is 0.237. The van der Waals surface area contributed by atoms with E-state index in [-0.39, 0.29) is 46.6 Å². The number of alkyl carbamates (subject to hydrolysis) is 1. The Hall–Kier alpha value is -4.75. The maximum absolute atomic E-state index is 13.1. The van der Waals surface area contributed by atoms with Gasteiger partial charge in [0.15, 0.2) is 17.3 Å². The number of benzene rings is 1. The van der Waals surface area contributed by atoms with Crippen LogP contribution in [0, 0.1) is 12.8 Å². The van der Waals surface area contributed by atoms with Crippen molar-refractivity contribution in [3.63, 3.8) is 0 Å². The van der Waals surface area contributed by atoms with Crippen LogP contribution in [0.2, 0.25) is 0 Å². The van der Waals surface area contributed by atoms with Gasteiger partial charge < -0.3 is 34.0 Å². The predicted molar refractivity (Wildman–Crippen MR) is 156 cm³/mol. The molecule has 242 valence electrons. The molecule has 0 saturated heterocycles. The molecule has 0 aliphatic heterocycles. The molecule has 2 amide bonds. The molecular weight excluding hydrogens is 594 g/mol. The molecule has 2 heterocycles. The number of aromatic nitrogens is 2. The van der Waals surface area contributed by atoms with Crippen molar-refractivity contribution in [1.29, 1.82) is 0 Å². The summed E-state index contributed by atoms with van der Waals surface area (Å²) in [6.45, 7) is 5.53. The molecule has 0 radical (unpaired) electrons. The first kappa shape index (κ1) is 33.1. The highest BCUT2D eigenvalue weighted by Crippen LogP contribution is 2.37. The summed E-state index contributed by atoms with van der Waals surface area (Å²) in [5.41, 5.74) is 0.417. The number of hydrogen-bond acceptors (Lipinski definition) is 10. The molecule has 45 heavy (non-hydrogen) atoms. The van der Waals surface area contributed by atoms with Crippen LogP contribution >= 0.6 is 0 Å². The fraction of sp³-hybridized carbons (Fsp3) is 0.452. The number of nitrogens with zero attached hydrogens (tertiary/aromatic N) is 2. The molecule has 1 aliphatic rings. The van der Waals surface area contributed by atoms with Gasteiger partial charge in [0.05, 0.1) is 31.9 Å². The molecule has 0 bridgehead atoms. The fourth-order valence-electron chi connectivity index (χ4n) is 4.28. The highest BCUT2D eigenvalue weighted by molar-refractivity contribution is 5.98. The molecular formula is C31H36F2N4O8. The molecule has 0 spiro atoms. The third-order valence-electron chi connectivity index (χ3n) is 6.67. The molecule has 1 aromatic carbocycles. The minimum Gasteiger partial charge on any atom is -0.489 e. The first-order valence-corrected chi connectivity index (χ1v) is 14.3. The Morgan fingerprint density at radius 3 is 2.51 bits per heavy atom. The van der Waals surface area contributed by atoms with Gasteiger partial charge in [-0.05, 0) is 83.2 Å². The molecule has 1 aliphatic carbocycles. The SMILES string of the molecule is COC(=O)c1ccnc(C(=O)NCc2nc(-c3ccc(OC(F)F)c(OCC4CC4)c3)oc2C(C)NC(=O)OC(C)(C)C)c1C. The number of carbonyl (C=O) groups is 3. The number of amides is 2. The summed E-state index contributed by atoms with van der Waals surface area (Å²) >= 11 is 0. The van der Waals surface area contributed by atoms with Crippen LogP contribution in [-0.4, -0.2) is 53.9 Å². The van der Waals surface area contributed by atoms with Crippen molar-refractivity contribution in [1.82, 2.24) is 20.6 Å². The molecule has 3 aromatic rings. The maximum atomic E-state index is 13.1. The summed E-state index contributed by atoms with van der Waals surface area (Å²) in [6.07, 6.45) is 2.61. The molecule has 4 rings (SSSR count). The van der Waals surface area contributed by atoms with Gasteiger partial charge in [-0.15, -0.1) is 0 Å².